The lowest BCUT2D eigenvalue weighted by atomic mass is 10.1. The quantitative estimate of drug-likeness (QED) is 0.740. The molecular weight excluding hydrogens is 209 g/mol. The highest BCUT2D eigenvalue weighted by molar-refractivity contribution is 6.10. The van der Waals surface area contributed by atoms with Gasteiger partial charge in [-0.05, 0) is 6.07 Å². The average Bonchev–Trinajstić information content (AvgIpc) is 2.58. The number of halogens is 3. The van der Waals surface area contributed by atoms with E-state index in [0.717, 1.165) is 6.20 Å². The molecule has 1 N–H and O–H groups in total. The van der Waals surface area contributed by atoms with Gasteiger partial charge in [-0.3, -0.25) is 9.78 Å². The molecule has 0 aliphatic rings. The zero-order chi connectivity index (χ0) is 11.1. The van der Waals surface area contributed by atoms with Gasteiger partial charge < -0.3 is 4.98 Å². The highest BCUT2D eigenvalue weighted by Crippen LogP contribution is 2.25. The van der Waals surface area contributed by atoms with Crippen LogP contribution in [0.3, 0.4) is 0 Å². The van der Waals surface area contributed by atoms with Crippen LogP contribution in [0, 0.1) is 0 Å². The molecule has 0 bridgehead atoms. The summed E-state index contributed by atoms with van der Waals surface area (Å²) in [4.78, 5) is 17.2. The number of Topliss-reactive ketones (excluding diaryl/α,β-unsaturated/α-hetero) is 1. The van der Waals surface area contributed by atoms with Gasteiger partial charge in [0.1, 0.15) is 0 Å². The maximum atomic E-state index is 12.2. The summed E-state index contributed by atoms with van der Waals surface area (Å²) in [7, 11) is 0. The van der Waals surface area contributed by atoms with Crippen molar-refractivity contribution in [3.05, 3.63) is 30.2 Å². The third-order valence-electron chi connectivity index (χ3n) is 1.99. The number of pyridine rings is 1. The highest BCUT2D eigenvalue weighted by atomic mass is 19.4. The fourth-order valence-corrected chi connectivity index (χ4v) is 1.30. The monoisotopic (exact) mass is 214 g/mol. The normalized spacial score (nSPS) is 11.9. The summed E-state index contributed by atoms with van der Waals surface area (Å²) in [6, 6.07) is 1.50. The number of ketones is 1. The minimum absolute atomic E-state index is 0.180. The molecule has 0 aromatic carbocycles. The summed E-state index contributed by atoms with van der Waals surface area (Å²) in [6.45, 7) is 0. The Morgan fingerprint density at radius 3 is 2.80 bits per heavy atom. The van der Waals surface area contributed by atoms with Crippen LogP contribution >= 0.6 is 0 Å². The summed E-state index contributed by atoms with van der Waals surface area (Å²) in [5.74, 6) is -1.86. The number of nitrogens with zero attached hydrogens (tertiary/aromatic N) is 1. The Morgan fingerprint density at radius 2 is 2.13 bits per heavy atom. The average molecular weight is 214 g/mol. The summed E-state index contributed by atoms with van der Waals surface area (Å²) >= 11 is 0. The predicted octanol–water partition coefficient (Wildman–Crippen LogP) is 2.31. The first-order valence-electron chi connectivity index (χ1n) is 4.03. The van der Waals surface area contributed by atoms with Crippen LogP contribution in [0.2, 0.25) is 0 Å². The van der Waals surface area contributed by atoms with Gasteiger partial charge in [0.05, 0.1) is 5.56 Å². The molecule has 0 unspecified atom stereocenters. The molecule has 0 radical (unpaired) electrons. The molecule has 3 nitrogen and oxygen atoms in total. The Hall–Kier alpha value is -1.85. The molecule has 0 saturated carbocycles. The van der Waals surface area contributed by atoms with Crippen molar-refractivity contribution in [3.63, 3.8) is 0 Å². The second kappa shape index (κ2) is 3.08. The lowest BCUT2D eigenvalue weighted by Gasteiger charge is -2.02. The van der Waals surface area contributed by atoms with E-state index in [1.54, 1.807) is 0 Å². The zero-order valence-corrected chi connectivity index (χ0v) is 7.30. The van der Waals surface area contributed by atoms with Gasteiger partial charge in [-0.25, -0.2) is 0 Å². The first-order valence-corrected chi connectivity index (χ1v) is 4.03. The van der Waals surface area contributed by atoms with Gasteiger partial charge in [-0.1, -0.05) is 0 Å². The molecule has 0 aliphatic carbocycles. The van der Waals surface area contributed by atoms with E-state index >= 15 is 0 Å². The smallest absolute Gasteiger partial charge is 0.360 e. The zero-order valence-electron chi connectivity index (χ0n) is 7.30. The van der Waals surface area contributed by atoms with E-state index < -0.39 is 17.5 Å². The lowest BCUT2D eigenvalue weighted by molar-refractivity contribution is -0.0884. The first-order chi connectivity index (χ1) is 7.00. The van der Waals surface area contributed by atoms with Gasteiger partial charge in [0.25, 0.3) is 5.78 Å². The summed E-state index contributed by atoms with van der Waals surface area (Å²) < 4.78 is 36.5. The maximum absolute atomic E-state index is 12.2. The molecule has 0 saturated heterocycles. The minimum atomic E-state index is -4.86. The molecular formula is C9H5F3N2O. The highest BCUT2D eigenvalue weighted by Gasteiger charge is 2.40. The maximum Gasteiger partial charge on any atom is 0.454 e. The molecule has 0 spiro atoms. The van der Waals surface area contributed by atoms with Gasteiger partial charge in [-0.2, -0.15) is 13.2 Å². The number of fused-ring (bicyclic) bond motifs is 1. The number of hydrogen-bond donors (Lipinski definition) is 1. The van der Waals surface area contributed by atoms with E-state index in [4.69, 9.17) is 0 Å². The number of nitrogens with one attached hydrogen (secondary N) is 1. The number of hydrogen-bond acceptors (Lipinski definition) is 2. The van der Waals surface area contributed by atoms with Crippen molar-refractivity contribution in [2.24, 2.45) is 0 Å². The predicted molar refractivity (Wildman–Crippen MR) is 46.5 cm³/mol. The Morgan fingerprint density at radius 1 is 1.40 bits per heavy atom. The Kier molecular flexibility index (Phi) is 1.99. The third kappa shape index (κ3) is 1.58. The second-order valence-corrected chi connectivity index (χ2v) is 2.95. The van der Waals surface area contributed by atoms with Crippen LogP contribution in [0.4, 0.5) is 13.2 Å². The molecule has 2 heterocycles. The fraction of sp³-hybridized carbons (Fsp3) is 0.111. The topological polar surface area (TPSA) is 45.8 Å². The summed E-state index contributed by atoms with van der Waals surface area (Å²) in [5, 5.41) is 0.180. The number of aromatic nitrogens is 2. The number of carbonyl (C=O) groups excluding carboxylic acids is 1. The first kappa shape index (κ1) is 9.70. The molecule has 0 atom stereocenters. The van der Waals surface area contributed by atoms with Gasteiger partial charge in [-0.15, -0.1) is 0 Å². The number of H-pyrrole nitrogens is 1. The standard InChI is InChI=1S/C9H5F3N2O/c10-9(11,12)8(15)6-4-14-7-1-2-13-3-5(6)7/h1-4,14H. The number of aromatic amines is 1. The second-order valence-electron chi connectivity index (χ2n) is 2.95. The molecule has 0 amide bonds. The minimum Gasteiger partial charge on any atom is -0.360 e. The van der Waals surface area contributed by atoms with Crippen LogP contribution in [0.15, 0.2) is 24.7 Å². The molecule has 2 rings (SSSR count). The summed E-state index contributed by atoms with van der Waals surface area (Å²) in [5.41, 5.74) is 0.0585. The molecule has 78 valence electrons. The van der Waals surface area contributed by atoms with Gasteiger partial charge in [0.2, 0.25) is 0 Å². The largest absolute Gasteiger partial charge is 0.454 e. The van der Waals surface area contributed by atoms with Crippen molar-refractivity contribution >= 4 is 16.7 Å². The van der Waals surface area contributed by atoms with Gasteiger partial charge in [0.15, 0.2) is 0 Å². The van der Waals surface area contributed by atoms with E-state index in [1.165, 1.54) is 18.5 Å². The van der Waals surface area contributed by atoms with E-state index in [2.05, 4.69) is 9.97 Å². The molecule has 15 heavy (non-hydrogen) atoms. The van der Waals surface area contributed by atoms with E-state index in [1.807, 2.05) is 0 Å². The fourth-order valence-electron chi connectivity index (χ4n) is 1.30. The Labute approximate surface area is 81.9 Å². The Bertz CT molecular complexity index is 515. The molecule has 0 aliphatic heterocycles. The van der Waals surface area contributed by atoms with Crippen LogP contribution in [0.25, 0.3) is 10.9 Å². The number of alkyl halides is 3. The van der Waals surface area contributed by atoms with Crippen molar-refractivity contribution in [2.75, 3.05) is 0 Å². The van der Waals surface area contributed by atoms with Crippen LogP contribution in [0.1, 0.15) is 10.4 Å². The van der Waals surface area contributed by atoms with Gasteiger partial charge in [0, 0.05) is 29.5 Å². The van der Waals surface area contributed by atoms with E-state index in [9.17, 15) is 18.0 Å². The van der Waals surface area contributed by atoms with Crippen molar-refractivity contribution in [1.29, 1.82) is 0 Å². The van der Waals surface area contributed by atoms with Crippen LogP contribution < -0.4 is 0 Å². The van der Waals surface area contributed by atoms with Crippen LogP contribution in [-0.2, 0) is 0 Å². The van der Waals surface area contributed by atoms with E-state index in [0.29, 0.717) is 5.52 Å². The molecule has 2 aromatic heterocycles. The number of carbonyl (C=O) groups is 1. The lowest BCUT2D eigenvalue weighted by Crippen LogP contribution is -2.22. The SMILES string of the molecule is O=C(c1c[nH]c2ccncc12)C(F)(F)F. The molecule has 6 heteroatoms. The number of rotatable bonds is 1. The van der Waals surface area contributed by atoms with Crippen molar-refractivity contribution in [1.82, 2.24) is 9.97 Å². The van der Waals surface area contributed by atoms with Gasteiger partial charge >= 0.3 is 6.18 Å². The third-order valence-corrected chi connectivity index (χ3v) is 1.99. The van der Waals surface area contributed by atoms with Crippen LogP contribution in [-0.4, -0.2) is 21.9 Å². The van der Waals surface area contributed by atoms with Crippen molar-refractivity contribution in [3.8, 4) is 0 Å². The van der Waals surface area contributed by atoms with E-state index in [-0.39, 0.29) is 5.39 Å². The van der Waals surface area contributed by atoms with Crippen molar-refractivity contribution < 1.29 is 18.0 Å². The molecule has 0 fully saturated rings. The summed E-state index contributed by atoms with van der Waals surface area (Å²) in [6.07, 6.45) is -1.15. The Balaban J connectivity index is 2.58. The molecule has 2 aromatic rings. The van der Waals surface area contributed by atoms with Crippen LogP contribution in [0.5, 0.6) is 0 Å². The van der Waals surface area contributed by atoms with Crippen molar-refractivity contribution in [2.45, 2.75) is 6.18 Å².